The average molecular weight is 429 g/mol. The molecule has 1 aliphatic rings. The molecule has 0 fully saturated rings. The fourth-order valence-corrected chi connectivity index (χ4v) is 5.44. The lowest BCUT2D eigenvalue weighted by molar-refractivity contribution is 0.289. The second kappa shape index (κ2) is 8.04. The summed E-state index contributed by atoms with van der Waals surface area (Å²) in [5, 5.41) is 0. The van der Waals surface area contributed by atoms with Gasteiger partial charge in [0.05, 0.1) is 32.3 Å². The third-order valence-electron chi connectivity index (χ3n) is 5.39. The molecule has 30 heavy (non-hydrogen) atoms. The zero-order valence-electron chi connectivity index (χ0n) is 17.1. The van der Waals surface area contributed by atoms with Crippen LogP contribution in [0.3, 0.4) is 0 Å². The number of sulfonamides is 1. The van der Waals surface area contributed by atoms with E-state index in [1.54, 1.807) is 57.7 Å². The van der Waals surface area contributed by atoms with Crippen LogP contribution in [-0.2, 0) is 16.6 Å². The summed E-state index contributed by atoms with van der Waals surface area (Å²) in [4.78, 5) is 0.218. The van der Waals surface area contributed by atoms with E-state index in [9.17, 15) is 8.42 Å². The largest absolute Gasteiger partial charge is 0.497 e. The molecule has 0 radical (unpaired) electrons. The van der Waals surface area contributed by atoms with E-state index in [0.29, 0.717) is 30.3 Å². The second-order valence-electron chi connectivity index (χ2n) is 6.93. The Balaban J connectivity index is 1.87. The first-order valence-corrected chi connectivity index (χ1v) is 11.0. The van der Waals surface area contributed by atoms with Crippen LogP contribution in [0.2, 0.25) is 0 Å². The van der Waals surface area contributed by atoms with Gasteiger partial charge in [-0.25, -0.2) is 8.42 Å². The molecule has 0 saturated heterocycles. The summed E-state index contributed by atoms with van der Waals surface area (Å²) in [6, 6.07) is 15.2. The highest BCUT2D eigenvalue weighted by Gasteiger charge is 2.39. The monoisotopic (exact) mass is 428 g/mol. The van der Waals surface area contributed by atoms with Crippen molar-refractivity contribution in [2.75, 3.05) is 27.9 Å². The SMILES string of the molecule is COc1ccc(S(=O)(=O)N2CCn3cccc3[C@H]2c2cc(OC)ccc2OC)cc1. The number of rotatable bonds is 6. The maximum absolute atomic E-state index is 13.7. The van der Waals surface area contributed by atoms with Gasteiger partial charge < -0.3 is 18.8 Å². The van der Waals surface area contributed by atoms with Crippen LogP contribution in [0.1, 0.15) is 17.3 Å². The third-order valence-corrected chi connectivity index (χ3v) is 7.27. The molecular weight excluding hydrogens is 404 g/mol. The highest BCUT2D eigenvalue weighted by molar-refractivity contribution is 7.89. The minimum atomic E-state index is -3.78. The lowest BCUT2D eigenvalue weighted by atomic mass is 10.0. The molecule has 2 heterocycles. The van der Waals surface area contributed by atoms with Crippen LogP contribution in [0.4, 0.5) is 0 Å². The number of hydrogen-bond donors (Lipinski definition) is 0. The van der Waals surface area contributed by atoms with Crippen molar-refractivity contribution in [3.05, 3.63) is 72.1 Å². The van der Waals surface area contributed by atoms with Crippen LogP contribution in [0.15, 0.2) is 65.7 Å². The molecule has 7 nitrogen and oxygen atoms in total. The highest BCUT2D eigenvalue weighted by atomic mass is 32.2. The van der Waals surface area contributed by atoms with Gasteiger partial charge in [-0.15, -0.1) is 0 Å². The fraction of sp³-hybridized carbons (Fsp3) is 0.273. The average Bonchev–Trinajstić information content (AvgIpc) is 3.27. The number of ether oxygens (including phenoxy) is 3. The zero-order valence-corrected chi connectivity index (χ0v) is 17.9. The number of hydrogen-bond acceptors (Lipinski definition) is 5. The van der Waals surface area contributed by atoms with Gasteiger partial charge in [-0.3, -0.25) is 0 Å². The molecule has 0 unspecified atom stereocenters. The van der Waals surface area contributed by atoms with E-state index in [4.69, 9.17) is 14.2 Å². The molecule has 1 aliphatic heterocycles. The van der Waals surface area contributed by atoms with Gasteiger partial charge in [0.15, 0.2) is 0 Å². The Morgan fingerprint density at radius 1 is 0.867 bits per heavy atom. The predicted molar refractivity (Wildman–Crippen MR) is 113 cm³/mol. The molecular formula is C22H24N2O5S. The van der Waals surface area contributed by atoms with Crippen molar-refractivity contribution < 1.29 is 22.6 Å². The Morgan fingerprint density at radius 3 is 2.23 bits per heavy atom. The van der Waals surface area contributed by atoms with E-state index in [0.717, 1.165) is 11.3 Å². The van der Waals surface area contributed by atoms with Crippen molar-refractivity contribution in [1.29, 1.82) is 0 Å². The predicted octanol–water partition coefficient (Wildman–Crippen LogP) is 3.31. The lowest BCUT2D eigenvalue weighted by Gasteiger charge is -2.37. The Kier molecular flexibility index (Phi) is 5.44. The second-order valence-corrected chi connectivity index (χ2v) is 8.82. The normalized spacial score (nSPS) is 16.7. The van der Waals surface area contributed by atoms with Crippen molar-refractivity contribution in [3.8, 4) is 17.2 Å². The number of aromatic nitrogens is 1. The Hall–Kier alpha value is -2.97. The first kappa shape index (κ1) is 20.3. The molecule has 8 heteroatoms. The molecule has 2 aromatic carbocycles. The maximum atomic E-state index is 13.7. The summed E-state index contributed by atoms with van der Waals surface area (Å²) < 4.78 is 47.1. The van der Waals surface area contributed by atoms with Crippen LogP contribution in [0, 0.1) is 0 Å². The number of nitrogens with zero attached hydrogens (tertiary/aromatic N) is 2. The fourth-order valence-electron chi connectivity index (χ4n) is 3.87. The van der Waals surface area contributed by atoms with E-state index >= 15 is 0 Å². The molecule has 0 amide bonds. The van der Waals surface area contributed by atoms with Gasteiger partial charge in [0.2, 0.25) is 10.0 Å². The van der Waals surface area contributed by atoms with Gasteiger partial charge in [-0.05, 0) is 54.6 Å². The molecule has 158 valence electrons. The summed E-state index contributed by atoms with van der Waals surface area (Å²) in [5.74, 6) is 1.84. The molecule has 1 aromatic heterocycles. The van der Waals surface area contributed by atoms with Gasteiger partial charge in [-0.2, -0.15) is 4.31 Å². The van der Waals surface area contributed by atoms with Crippen LogP contribution in [-0.4, -0.2) is 45.2 Å². The van der Waals surface area contributed by atoms with Gasteiger partial charge in [0.1, 0.15) is 17.2 Å². The van der Waals surface area contributed by atoms with Crippen molar-refractivity contribution in [2.24, 2.45) is 0 Å². The molecule has 4 rings (SSSR count). The molecule has 0 bridgehead atoms. The van der Waals surface area contributed by atoms with Gasteiger partial charge in [0, 0.05) is 30.5 Å². The Labute approximate surface area is 176 Å². The van der Waals surface area contributed by atoms with Gasteiger partial charge >= 0.3 is 0 Å². The number of fused-ring (bicyclic) bond motifs is 1. The quantitative estimate of drug-likeness (QED) is 0.603. The molecule has 0 spiro atoms. The van der Waals surface area contributed by atoms with Crippen LogP contribution >= 0.6 is 0 Å². The summed E-state index contributed by atoms with van der Waals surface area (Å²) in [6.07, 6.45) is 1.96. The standard InChI is InChI=1S/C22H24N2O5S/c1-27-16-6-9-18(10-7-16)30(25,26)24-14-13-23-12-4-5-20(23)22(24)19-15-17(28-2)8-11-21(19)29-3/h4-12,15,22H,13-14H2,1-3H3/t22-/m1/s1. The number of methoxy groups -OCH3 is 3. The lowest BCUT2D eigenvalue weighted by Crippen LogP contribution is -2.42. The highest BCUT2D eigenvalue weighted by Crippen LogP contribution is 2.41. The van der Waals surface area contributed by atoms with Crippen LogP contribution in [0.25, 0.3) is 0 Å². The first-order valence-electron chi connectivity index (χ1n) is 9.52. The molecule has 0 aliphatic carbocycles. The maximum Gasteiger partial charge on any atom is 0.244 e. The number of benzene rings is 2. The molecule has 0 saturated carbocycles. The third kappa shape index (κ3) is 3.42. The summed E-state index contributed by atoms with van der Waals surface area (Å²) in [7, 11) is 0.931. The van der Waals surface area contributed by atoms with Crippen molar-refractivity contribution in [1.82, 2.24) is 8.87 Å². The minimum Gasteiger partial charge on any atom is -0.497 e. The Morgan fingerprint density at radius 2 is 1.57 bits per heavy atom. The van der Waals surface area contributed by atoms with Crippen molar-refractivity contribution in [3.63, 3.8) is 0 Å². The van der Waals surface area contributed by atoms with Crippen LogP contribution in [0.5, 0.6) is 17.2 Å². The van der Waals surface area contributed by atoms with E-state index in [2.05, 4.69) is 4.57 Å². The topological polar surface area (TPSA) is 70.0 Å². The summed E-state index contributed by atoms with van der Waals surface area (Å²) in [5.41, 5.74) is 1.61. The van der Waals surface area contributed by atoms with Crippen LogP contribution < -0.4 is 14.2 Å². The van der Waals surface area contributed by atoms with E-state index < -0.39 is 16.1 Å². The van der Waals surface area contributed by atoms with Gasteiger partial charge in [0.25, 0.3) is 0 Å². The molecule has 1 atom stereocenters. The smallest absolute Gasteiger partial charge is 0.244 e. The van der Waals surface area contributed by atoms with E-state index in [-0.39, 0.29) is 4.90 Å². The Bertz CT molecular complexity index is 1140. The minimum absolute atomic E-state index is 0.218. The van der Waals surface area contributed by atoms with Crippen molar-refractivity contribution in [2.45, 2.75) is 17.5 Å². The molecule has 0 N–H and O–H groups in total. The summed E-state index contributed by atoms with van der Waals surface area (Å²) >= 11 is 0. The van der Waals surface area contributed by atoms with Crippen molar-refractivity contribution >= 4 is 10.0 Å². The van der Waals surface area contributed by atoms with E-state index in [1.807, 2.05) is 24.4 Å². The zero-order chi connectivity index (χ0) is 21.3. The van der Waals surface area contributed by atoms with Gasteiger partial charge in [-0.1, -0.05) is 0 Å². The van der Waals surface area contributed by atoms with E-state index in [1.165, 1.54) is 4.31 Å². The summed E-state index contributed by atoms with van der Waals surface area (Å²) in [6.45, 7) is 0.904. The molecule has 3 aromatic rings. The first-order chi connectivity index (χ1) is 14.5.